The molecule has 0 aliphatic heterocycles. The van der Waals surface area contributed by atoms with Crippen molar-refractivity contribution < 1.29 is 0 Å². The number of hydrogen-bond acceptors (Lipinski definition) is 1. The van der Waals surface area contributed by atoms with E-state index in [0.717, 1.165) is 12.8 Å². The second kappa shape index (κ2) is 7.04. The number of nitrogens with two attached hydrogens (primary N) is 1. The molecule has 4 rings (SSSR count). The van der Waals surface area contributed by atoms with E-state index in [1.54, 1.807) is 11.1 Å². The van der Waals surface area contributed by atoms with Crippen LogP contribution in [0.3, 0.4) is 0 Å². The summed E-state index contributed by atoms with van der Waals surface area (Å²) < 4.78 is 0. The quantitative estimate of drug-likeness (QED) is 0.645. The number of hydrogen-bond donors (Lipinski definition) is 1. The lowest BCUT2D eigenvalue weighted by Gasteiger charge is -2.40. The van der Waals surface area contributed by atoms with Crippen molar-refractivity contribution in [2.75, 3.05) is 0 Å². The largest absolute Gasteiger partial charge is 0.324 e. The Hall–Kier alpha value is -1.86. The van der Waals surface area contributed by atoms with E-state index in [-0.39, 0.29) is 11.5 Å². The van der Waals surface area contributed by atoms with Gasteiger partial charge in [-0.1, -0.05) is 73.4 Å². The van der Waals surface area contributed by atoms with Gasteiger partial charge in [-0.05, 0) is 54.9 Å². The average Bonchev–Trinajstić information content (AvgIpc) is 2.89. The van der Waals surface area contributed by atoms with E-state index < -0.39 is 0 Å². The van der Waals surface area contributed by atoms with Gasteiger partial charge in [0, 0.05) is 17.4 Å². The Bertz CT molecular complexity index is 772. The van der Waals surface area contributed by atoms with E-state index in [1.807, 2.05) is 0 Å². The first-order valence-corrected chi connectivity index (χ1v) is 10.2. The molecule has 136 valence electrons. The summed E-state index contributed by atoms with van der Waals surface area (Å²) in [6.45, 7) is 6.52. The maximum atomic E-state index is 6.33. The van der Waals surface area contributed by atoms with Gasteiger partial charge in [0.15, 0.2) is 0 Å². The zero-order valence-corrected chi connectivity index (χ0v) is 16.0. The molecule has 0 radical (unpaired) electrons. The average molecular weight is 346 g/mol. The number of rotatable bonds is 4. The molecule has 3 aliphatic carbocycles. The fourth-order valence-electron chi connectivity index (χ4n) is 5.52. The van der Waals surface area contributed by atoms with Gasteiger partial charge in [0.05, 0.1) is 0 Å². The van der Waals surface area contributed by atoms with Gasteiger partial charge in [0.25, 0.3) is 0 Å². The van der Waals surface area contributed by atoms with Crippen molar-refractivity contribution in [2.45, 2.75) is 63.8 Å². The van der Waals surface area contributed by atoms with Crippen molar-refractivity contribution in [3.05, 3.63) is 83.0 Å². The highest BCUT2D eigenvalue weighted by Crippen LogP contribution is 2.60. The van der Waals surface area contributed by atoms with Crippen molar-refractivity contribution in [1.82, 2.24) is 0 Å². The van der Waals surface area contributed by atoms with E-state index in [9.17, 15) is 0 Å². The molecule has 0 bridgehead atoms. The van der Waals surface area contributed by atoms with Crippen molar-refractivity contribution in [2.24, 2.45) is 11.1 Å². The maximum absolute atomic E-state index is 6.33. The molecular formula is C25H31N. The van der Waals surface area contributed by atoms with E-state index in [2.05, 4.69) is 62.1 Å². The van der Waals surface area contributed by atoms with Gasteiger partial charge in [-0.2, -0.15) is 0 Å². The Morgan fingerprint density at radius 2 is 1.92 bits per heavy atom. The molecule has 0 heterocycles. The SMILES string of the molecule is C=CC(CC1=C(C)C2=CCC(N)C=C2C12CCCCC2)c1ccccc1. The maximum Gasteiger partial charge on any atom is 0.0265 e. The summed E-state index contributed by atoms with van der Waals surface area (Å²) in [6.07, 6.45) is 15.6. The van der Waals surface area contributed by atoms with Gasteiger partial charge in [0.1, 0.15) is 0 Å². The van der Waals surface area contributed by atoms with Crippen LogP contribution in [0.15, 0.2) is 77.4 Å². The Kier molecular flexibility index (Phi) is 4.75. The lowest BCUT2D eigenvalue weighted by Crippen LogP contribution is -2.30. The summed E-state index contributed by atoms with van der Waals surface area (Å²) in [7, 11) is 0. The van der Waals surface area contributed by atoms with Gasteiger partial charge >= 0.3 is 0 Å². The monoisotopic (exact) mass is 345 g/mol. The summed E-state index contributed by atoms with van der Waals surface area (Å²) in [5.41, 5.74) is 14.2. The number of fused-ring (bicyclic) bond motifs is 2. The summed E-state index contributed by atoms with van der Waals surface area (Å²) in [5, 5.41) is 0. The molecule has 1 saturated carbocycles. The highest BCUT2D eigenvalue weighted by Gasteiger charge is 2.47. The van der Waals surface area contributed by atoms with Crippen LogP contribution in [0.1, 0.15) is 63.4 Å². The van der Waals surface area contributed by atoms with Crippen LogP contribution in [-0.4, -0.2) is 6.04 Å². The molecule has 2 unspecified atom stereocenters. The van der Waals surface area contributed by atoms with Crippen LogP contribution in [0.2, 0.25) is 0 Å². The van der Waals surface area contributed by atoms with Gasteiger partial charge in [-0.15, -0.1) is 6.58 Å². The minimum absolute atomic E-state index is 0.184. The standard InChI is InChI=1S/C25H31N/c1-3-19(20-10-6-4-7-11-20)16-23-18(2)22-13-12-21(26)17-24(22)25(23)14-8-5-9-15-25/h3-4,6-7,10-11,13,17,19,21H,1,5,8-9,12,14-16,26H2,2H3. The van der Waals surface area contributed by atoms with Crippen LogP contribution >= 0.6 is 0 Å². The molecular weight excluding hydrogens is 314 g/mol. The van der Waals surface area contributed by atoms with Gasteiger partial charge in [-0.3, -0.25) is 0 Å². The topological polar surface area (TPSA) is 26.0 Å². The van der Waals surface area contributed by atoms with Crippen LogP contribution < -0.4 is 5.73 Å². The van der Waals surface area contributed by atoms with Crippen molar-refractivity contribution >= 4 is 0 Å². The molecule has 2 N–H and O–H groups in total. The predicted molar refractivity (Wildman–Crippen MR) is 111 cm³/mol. The van der Waals surface area contributed by atoms with Crippen LogP contribution in [0.4, 0.5) is 0 Å². The van der Waals surface area contributed by atoms with Crippen LogP contribution in [0.5, 0.6) is 0 Å². The molecule has 1 nitrogen and oxygen atoms in total. The lowest BCUT2D eigenvalue weighted by molar-refractivity contribution is 0.290. The summed E-state index contributed by atoms with van der Waals surface area (Å²) in [4.78, 5) is 0. The molecule has 1 fully saturated rings. The Morgan fingerprint density at radius 1 is 1.19 bits per heavy atom. The fraction of sp³-hybridized carbons (Fsp3) is 0.440. The second-order valence-electron chi connectivity index (χ2n) is 8.30. The molecule has 0 saturated heterocycles. The smallest absolute Gasteiger partial charge is 0.0265 e. The van der Waals surface area contributed by atoms with E-state index in [1.165, 1.54) is 48.8 Å². The molecule has 0 amide bonds. The first-order chi connectivity index (χ1) is 12.7. The number of allylic oxidation sites excluding steroid dienone is 5. The Morgan fingerprint density at radius 3 is 2.62 bits per heavy atom. The molecule has 26 heavy (non-hydrogen) atoms. The first-order valence-electron chi connectivity index (χ1n) is 10.2. The predicted octanol–water partition coefficient (Wildman–Crippen LogP) is 6.21. The first kappa shape index (κ1) is 17.5. The van der Waals surface area contributed by atoms with Gasteiger partial charge < -0.3 is 5.73 Å². The third-order valence-electron chi connectivity index (χ3n) is 6.86. The van der Waals surface area contributed by atoms with Crippen molar-refractivity contribution in [1.29, 1.82) is 0 Å². The fourth-order valence-corrected chi connectivity index (χ4v) is 5.52. The molecule has 1 spiro atoms. The minimum atomic E-state index is 0.184. The summed E-state index contributed by atoms with van der Waals surface area (Å²) in [5.74, 6) is 0.384. The molecule has 3 aliphatic rings. The van der Waals surface area contributed by atoms with Crippen LogP contribution in [-0.2, 0) is 0 Å². The lowest BCUT2D eigenvalue weighted by atomic mass is 9.64. The summed E-state index contributed by atoms with van der Waals surface area (Å²) >= 11 is 0. The third-order valence-corrected chi connectivity index (χ3v) is 6.86. The van der Waals surface area contributed by atoms with E-state index in [0.29, 0.717) is 5.92 Å². The second-order valence-corrected chi connectivity index (χ2v) is 8.30. The minimum Gasteiger partial charge on any atom is -0.324 e. The molecule has 1 heteroatoms. The van der Waals surface area contributed by atoms with Crippen molar-refractivity contribution in [3.8, 4) is 0 Å². The zero-order valence-electron chi connectivity index (χ0n) is 16.0. The Labute approximate surface area is 158 Å². The molecule has 1 aromatic carbocycles. The van der Waals surface area contributed by atoms with Crippen LogP contribution in [0.25, 0.3) is 0 Å². The molecule has 2 atom stereocenters. The van der Waals surface area contributed by atoms with E-state index in [4.69, 9.17) is 5.73 Å². The van der Waals surface area contributed by atoms with Crippen molar-refractivity contribution in [3.63, 3.8) is 0 Å². The highest BCUT2D eigenvalue weighted by molar-refractivity contribution is 5.63. The number of benzene rings is 1. The third kappa shape index (κ3) is 2.83. The normalized spacial score (nSPS) is 25.5. The molecule has 0 aromatic heterocycles. The zero-order chi connectivity index (χ0) is 18.1. The van der Waals surface area contributed by atoms with Gasteiger partial charge in [-0.25, -0.2) is 0 Å². The Balaban J connectivity index is 1.76. The highest BCUT2D eigenvalue weighted by atomic mass is 14.6. The molecule has 1 aromatic rings. The van der Waals surface area contributed by atoms with Gasteiger partial charge in [0.2, 0.25) is 0 Å². The summed E-state index contributed by atoms with van der Waals surface area (Å²) in [6, 6.07) is 11.0. The van der Waals surface area contributed by atoms with Crippen LogP contribution in [0, 0.1) is 5.41 Å². The van der Waals surface area contributed by atoms with E-state index >= 15 is 0 Å².